The second-order valence-corrected chi connectivity index (χ2v) is 6.88. The Hall–Kier alpha value is -2.36. The van der Waals surface area contributed by atoms with Gasteiger partial charge in [-0.05, 0) is 41.2 Å². The summed E-state index contributed by atoms with van der Waals surface area (Å²) in [7, 11) is 0. The third kappa shape index (κ3) is 3.75. The molecule has 1 heterocycles. The number of esters is 1. The van der Waals surface area contributed by atoms with Crippen molar-refractivity contribution in [1.82, 2.24) is 4.90 Å². The third-order valence-corrected chi connectivity index (χ3v) is 4.53. The topological polar surface area (TPSA) is 46.6 Å². The Kier molecular flexibility index (Phi) is 4.84. The molecule has 1 fully saturated rings. The molecule has 2 atom stereocenters. The summed E-state index contributed by atoms with van der Waals surface area (Å²) < 4.78 is 5.23. The number of amides is 1. The molecule has 0 aromatic heterocycles. The number of hydrogen-bond acceptors (Lipinski definition) is 3. The minimum Gasteiger partial charge on any atom is -0.452 e. The van der Waals surface area contributed by atoms with E-state index in [2.05, 4.69) is 13.8 Å². The Balaban J connectivity index is 1.60. The van der Waals surface area contributed by atoms with E-state index in [4.69, 9.17) is 4.74 Å². The number of piperidine rings is 1. The molecule has 4 heteroatoms. The minimum atomic E-state index is -0.452. The molecular formula is C20H23NO3. The maximum Gasteiger partial charge on any atom is 0.338 e. The molecule has 2 aromatic carbocycles. The van der Waals surface area contributed by atoms with Gasteiger partial charge in [0.2, 0.25) is 0 Å². The van der Waals surface area contributed by atoms with Crippen molar-refractivity contribution in [2.45, 2.75) is 20.3 Å². The predicted molar refractivity (Wildman–Crippen MR) is 93.8 cm³/mol. The van der Waals surface area contributed by atoms with E-state index in [9.17, 15) is 9.59 Å². The lowest BCUT2D eigenvalue weighted by molar-refractivity contribution is -0.137. The maximum absolute atomic E-state index is 12.3. The van der Waals surface area contributed by atoms with Gasteiger partial charge in [0.15, 0.2) is 6.61 Å². The fourth-order valence-electron chi connectivity index (χ4n) is 3.48. The van der Waals surface area contributed by atoms with Gasteiger partial charge < -0.3 is 9.64 Å². The molecule has 4 nitrogen and oxygen atoms in total. The van der Waals surface area contributed by atoms with Crippen molar-refractivity contribution in [3.63, 3.8) is 0 Å². The Bertz CT molecular complexity index is 745. The van der Waals surface area contributed by atoms with Crippen molar-refractivity contribution in [3.05, 3.63) is 48.0 Å². The van der Waals surface area contributed by atoms with E-state index < -0.39 is 5.97 Å². The number of fused-ring (bicyclic) bond motifs is 1. The first kappa shape index (κ1) is 16.5. The summed E-state index contributed by atoms with van der Waals surface area (Å²) in [5, 5.41) is 2.05. The molecule has 1 aliphatic rings. The Morgan fingerprint density at radius 2 is 1.71 bits per heavy atom. The van der Waals surface area contributed by atoms with Crippen LogP contribution in [0.4, 0.5) is 0 Å². The van der Waals surface area contributed by atoms with Gasteiger partial charge in [0.1, 0.15) is 0 Å². The first-order valence-corrected chi connectivity index (χ1v) is 8.46. The van der Waals surface area contributed by atoms with Crippen LogP contribution < -0.4 is 0 Å². The molecule has 1 amide bonds. The fourth-order valence-corrected chi connectivity index (χ4v) is 3.48. The summed E-state index contributed by atoms with van der Waals surface area (Å²) >= 11 is 0. The molecule has 1 aliphatic heterocycles. The molecule has 0 bridgehead atoms. The van der Waals surface area contributed by atoms with Crippen molar-refractivity contribution < 1.29 is 14.3 Å². The van der Waals surface area contributed by atoms with Gasteiger partial charge in [0, 0.05) is 13.1 Å². The zero-order chi connectivity index (χ0) is 17.1. The number of carbonyl (C=O) groups is 2. The van der Waals surface area contributed by atoms with Crippen LogP contribution in [0.25, 0.3) is 10.8 Å². The van der Waals surface area contributed by atoms with Crippen molar-refractivity contribution >= 4 is 22.6 Å². The summed E-state index contributed by atoms with van der Waals surface area (Å²) in [6.07, 6.45) is 1.14. The summed E-state index contributed by atoms with van der Waals surface area (Å²) in [5.74, 6) is 0.428. The molecule has 0 saturated carbocycles. The highest BCUT2D eigenvalue weighted by Gasteiger charge is 2.26. The molecule has 0 unspecified atom stereocenters. The van der Waals surface area contributed by atoms with Crippen molar-refractivity contribution in [1.29, 1.82) is 0 Å². The molecule has 0 N–H and O–H groups in total. The summed E-state index contributed by atoms with van der Waals surface area (Å²) in [6, 6.07) is 13.3. The zero-order valence-corrected chi connectivity index (χ0v) is 14.2. The maximum atomic E-state index is 12.3. The third-order valence-electron chi connectivity index (χ3n) is 4.53. The van der Waals surface area contributed by atoms with Crippen molar-refractivity contribution in [2.24, 2.45) is 11.8 Å². The lowest BCUT2D eigenvalue weighted by atomic mass is 9.92. The average molecular weight is 325 g/mol. The number of nitrogens with zero attached hydrogens (tertiary/aromatic N) is 1. The lowest BCUT2D eigenvalue weighted by Gasteiger charge is -2.34. The van der Waals surface area contributed by atoms with E-state index >= 15 is 0 Å². The second kappa shape index (κ2) is 7.04. The monoisotopic (exact) mass is 325 g/mol. The highest BCUT2D eigenvalue weighted by molar-refractivity contribution is 5.96. The van der Waals surface area contributed by atoms with E-state index in [-0.39, 0.29) is 12.5 Å². The molecule has 0 radical (unpaired) electrons. The van der Waals surface area contributed by atoms with Gasteiger partial charge >= 0.3 is 5.97 Å². The zero-order valence-electron chi connectivity index (χ0n) is 14.2. The van der Waals surface area contributed by atoms with Gasteiger partial charge in [0.25, 0.3) is 5.91 Å². The van der Waals surface area contributed by atoms with Gasteiger partial charge in [-0.2, -0.15) is 0 Å². The number of hydrogen-bond donors (Lipinski definition) is 0. The Morgan fingerprint density at radius 3 is 2.42 bits per heavy atom. The molecule has 2 aromatic rings. The van der Waals surface area contributed by atoms with E-state index in [1.54, 1.807) is 12.1 Å². The molecular weight excluding hydrogens is 302 g/mol. The van der Waals surface area contributed by atoms with Crippen LogP contribution in [0.3, 0.4) is 0 Å². The van der Waals surface area contributed by atoms with Gasteiger partial charge in [0.05, 0.1) is 5.56 Å². The van der Waals surface area contributed by atoms with Gasteiger partial charge in [-0.3, -0.25) is 4.79 Å². The van der Waals surface area contributed by atoms with Crippen LogP contribution in [0.15, 0.2) is 42.5 Å². The van der Waals surface area contributed by atoms with Crippen molar-refractivity contribution in [3.8, 4) is 0 Å². The lowest BCUT2D eigenvalue weighted by Crippen LogP contribution is -2.44. The molecule has 126 valence electrons. The largest absolute Gasteiger partial charge is 0.452 e. The normalized spacial score (nSPS) is 20.8. The Labute approximate surface area is 142 Å². The first-order chi connectivity index (χ1) is 11.5. The second-order valence-electron chi connectivity index (χ2n) is 6.88. The highest BCUT2D eigenvalue weighted by Crippen LogP contribution is 2.21. The average Bonchev–Trinajstić information content (AvgIpc) is 2.58. The number of carbonyl (C=O) groups excluding carboxylic acids is 2. The fraction of sp³-hybridized carbons (Fsp3) is 0.400. The van der Waals surface area contributed by atoms with Crippen LogP contribution in [0.5, 0.6) is 0 Å². The minimum absolute atomic E-state index is 0.109. The standard InChI is InChI=1S/C20H23NO3/c1-14-9-15(2)12-21(11-14)19(22)13-24-20(23)18-8-7-16-5-3-4-6-17(16)10-18/h3-8,10,14-15H,9,11-13H2,1-2H3/t14-,15-/m1/s1. The highest BCUT2D eigenvalue weighted by atomic mass is 16.5. The molecule has 0 aliphatic carbocycles. The van der Waals surface area contributed by atoms with Crippen LogP contribution >= 0.6 is 0 Å². The van der Waals surface area contributed by atoms with E-state index in [1.807, 2.05) is 35.2 Å². The predicted octanol–water partition coefficient (Wildman–Crippen LogP) is 3.50. The molecule has 3 rings (SSSR count). The smallest absolute Gasteiger partial charge is 0.338 e. The quantitative estimate of drug-likeness (QED) is 0.812. The molecule has 1 saturated heterocycles. The van der Waals surface area contributed by atoms with E-state index in [1.165, 1.54) is 0 Å². The first-order valence-electron chi connectivity index (χ1n) is 8.46. The van der Waals surface area contributed by atoms with E-state index in [0.29, 0.717) is 17.4 Å². The summed E-state index contributed by atoms with van der Waals surface area (Å²) in [4.78, 5) is 26.3. The van der Waals surface area contributed by atoms with Crippen LogP contribution in [0.2, 0.25) is 0 Å². The Morgan fingerprint density at radius 1 is 1.04 bits per heavy atom. The number of likely N-dealkylation sites (tertiary alicyclic amines) is 1. The molecule has 0 spiro atoms. The van der Waals surface area contributed by atoms with Gasteiger partial charge in [-0.25, -0.2) is 4.79 Å². The van der Waals surface area contributed by atoms with E-state index in [0.717, 1.165) is 30.3 Å². The van der Waals surface area contributed by atoms with Crippen LogP contribution in [-0.2, 0) is 9.53 Å². The summed E-state index contributed by atoms with van der Waals surface area (Å²) in [6.45, 7) is 5.60. The van der Waals surface area contributed by atoms with Gasteiger partial charge in [-0.15, -0.1) is 0 Å². The number of benzene rings is 2. The molecule has 24 heavy (non-hydrogen) atoms. The van der Waals surface area contributed by atoms with Crippen LogP contribution in [0.1, 0.15) is 30.6 Å². The van der Waals surface area contributed by atoms with Crippen LogP contribution in [0, 0.1) is 11.8 Å². The van der Waals surface area contributed by atoms with Crippen LogP contribution in [-0.4, -0.2) is 36.5 Å². The van der Waals surface area contributed by atoms with Gasteiger partial charge in [-0.1, -0.05) is 44.2 Å². The van der Waals surface area contributed by atoms with Crippen molar-refractivity contribution in [2.75, 3.05) is 19.7 Å². The number of ether oxygens (including phenoxy) is 1. The summed E-state index contributed by atoms with van der Waals surface area (Å²) in [5.41, 5.74) is 0.474. The number of rotatable bonds is 3. The SMILES string of the molecule is C[C@@H]1C[C@@H](C)CN(C(=O)COC(=O)c2ccc3ccccc3c2)C1.